The van der Waals surface area contributed by atoms with Gasteiger partial charge in [-0.25, -0.2) is 0 Å². The van der Waals surface area contributed by atoms with E-state index in [-0.39, 0.29) is 5.91 Å². The van der Waals surface area contributed by atoms with Crippen LogP contribution in [0.5, 0.6) is 0 Å². The van der Waals surface area contributed by atoms with Gasteiger partial charge in [-0.15, -0.1) is 0 Å². The van der Waals surface area contributed by atoms with Crippen molar-refractivity contribution in [2.24, 2.45) is 5.73 Å². The summed E-state index contributed by atoms with van der Waals surface area (Å²) in [6, 6.07) is 5.99. The summed E-state index contributed by atoms with van der Waals surface area (Å²) in [5, 5.41) is 2.63. The predicted octanol–water partition coefficient (Wildman–Crippen LogP) is 1.48. The zero-order valence-electron chi connectivity index (χ0n) is 10.2. The number of benzene rings is 1. The first-order chi connectivity index (χ1) is 8.10. The van der Waals surface area contributed by atoms with Gasteiger partial charge in [0.1, 0.15) is 0 Å². The molecule has 0 unspecified atom stereocenters. The van der Waals surface area contributed by atoms with Crippen LogP contribution in [0.15, 0.2) is 22.7 Å². The van der Waals surface area contributed by atoms with E-state index in [0.717, 1.165) is 22.3 Å². The number of carbonyl (C=O) groups excluding carboxylic acids is 1. The second-order valence-electron chi connectivity index (χ2n) is 3.71. The highest BCUT2D eigenvalue weighted by molar-refractivity contribution is 9.10. The van der Waals surface area contributed by atoms with Crippen molar-refractivity contribution >= 4 is 27.5 Å². The molecule has 94 valence electrons. The van der Waals surface area contributed by atoms with Gasteiger partial charge in [0.25, 0.3) is 0 Å². The summed E-state index contributed by atoms with van der Waals surface area (Å²) in [6.07, 6.45) is 0. The Morgan fingerprint density at radius 1 is 1.47 bits per heavy atom. The van der Waals surface area contributed by atoms with E-state index >= 15 is 0 Å². The summed E-state index contributed by atoms with van der Waals surface area (Å²) < 4.78 is 0.978. The molecule has 3 N–H and O–H groups in total. The highest BCUT2D eigenvalue weighted by Gasteiger charge is 2.10. The summed E-state index contributed by atoms with van der Waals surface area (Å²) in [7, 11) is 1.64. The van der Waals surface area contributed by atoms with Crippen molar-refractivity contribution in [3.05, 3.63) is 28.2 Å². The molecular formula is C12H18BrN3O. The minimum Gasteiger partial charge on any atom is -0.362 e. The molecule has 5 heteroatoms. The summed E-state index contributed by atoms with van der Waals surface area (Å²) >= 11 is 3.45. The fraction of sp³-hybridized carbons (Fsp3) is 0.417. The number of likely N-dealkylation sites (N-methyl/N-ethyl adjacent to an activating group) is 2. The Morgan fingerprint density at radius 2 is 2.18 bits per heavy atom. The monoisotopic (exact) mass is 299 g/mol. The third kappa shape index (κ3) is 4.02. The lowest BCUT2D eigenvalue weighted by molar-refractivity contribution is -0.119. The molecule has 0 saturated carbocycles. The van der Waals surface area contributed by atoms with Crippen molar-refractivity contribution < 1.29 is 4.79 Å². The maximum atomic E-state index is 11.4. The number of hydrogen-bond acceptors (Lipinski definition) is 3. The van der Waals surface area contributed by atoms with Crippen LogP contribution in [0.25, 0.3) is 0 Å². The Hall–Kier alpha value is -1.07. The summed E-state index contributed by atoms with van der Waals surface area (Å²) in [5.74, 6) is 0.00104. The summed E-state index contributed by atoms with van der Waals surface area (Å²) in [4.78, 5) is 13.4. The van der Waals surface area contributed by atoms with Gasteiger partial charge < -0.3 is 16.0 Å². The third-order valence-electron chi connectivity index (χ3n) is 2.54. The van der Waals surface area contributed by atoms with Crippen LogP contribution in [-0.2, 0) is 11.3 Å². The first-order valence-corrected chi connectivity index (χ1v) is 6.35. The Balaban J connectivity index is 2.94. The van der Waals surface area contributed by atoms with Crippen molar-refractivity contribution in [1.82, 2.24) is 5.32 Å². The molecule has 17 heavy (non-hydrogen) atoms. The molecule has 0 heterocycles. The normalized spacial score (nSPS) is 10.1. The minimum absolute atomic E-state index is 0.00104. The van der Waals surface area contributed by atoms with Crippen LogP contribution in [0.2, 0.25) is 0 Å². The molecule has 1 amide bonds. The molecule has 0 aromatic heterocycles. The van der Waals surface area contributed by atoms with Gasteiger partial charge in [0.15, 0.2) is 0 Å². The van der Waals surface area contributed by atoms with Crippen molar-refractivity contribution in [2.45, 2.75) is 13.5 Å². The van der Waals surface area contributed by atoms with Crippen LogP contribution in [0, 0.1) is 0 Å². The number of halogens is 1. The molecule has 0 aliphatic heterocycles. The van der Waals surface area contributed by atoms with Gasteiger partial charge in [-0.05, 0) is 30.7 Å². The fourth-order valence-electron chi connectivity index (χ4n) is 1.57. The second kappa shape index (κ2) is 6.61. The number of anilines is 1. The standard InChI is InChI=1S/C12H18BrN3O/c1-3-16(8-12(17)15-2)11-5-9(7-14)4-10(13)6-11/h4-6H,3,7-8,14H2,1-2H3,(H,15,17). The zero-order valence-corrected chi connectivity index (χ0v) is 11.8. The van der Waals surface area contributed by atoms with E-state index in [4.69, 9.17) is 5.73 Å². The summed E-state index contributed by atoms with van der Waals surface area (Å²) in [5.41, 5.74) is 7.69. The predicted molar refractivity (Wildman–Crippen MR) is 74.0 cm³/mol. The van der Waals surface area contributed by atoms with Crippen molar-refractivity contribution in [3.8, 4) is 0 Å². The average molecular weight is 300 g/mol. The first-order valence-electron chi connectivity index (χ1n) is 5.55. The smallest absolute Gasteiger partial charge is 0.239 e. The number of nitrogens with zero attached hydrogens (tertiary/aromatic N) is 1. The molecule has 0 fully saturated rings. The van der Waals surface area contributed by atoms with Gasteiger partial charge in [0, 0.05) is 30.3 Å². The highest BCUT2D eigenvalue weighted by atomic mass is 79.9. The van der Waals surface area contributed by atoms with Gasteiger partial charge in [0.2, 0.25) is 5.91 Å². The quantitative estimate of drug-likeness (QED) is 0.866. The number of nitrogens with two attached hydrogens (primary N) is 1. The van der Waals surface area contributed by atoms with E-state index in [0.29, 0.717) is 13.1 Å². The van der Waals surface area contributed by atoms with E-state index in [1.165, 1.54) is 0 Å². The molecule has 0 saturated heterocycles. The zero-order chi connectivity index (χ0) is 12.8. The second-order valence-corrected chi connectivity index (χ2v) is 4.62. The molecule has 0 atom stereocenters. The number of amides is 1. The fourth-order valence-corrected chi connectivity index (χ4v) is 2.10. The first kappa shape index (κ1) is 14.0. The number of rotatable bonds is 5. The van der Waals surface area contributed by atoms with Crippen molar-refractivity contribution in [3.63, 3.8) is 0 Å². The molecule has 0 aliphatic carbocycles. The van der Waals surface area contributed by atoms with Gasteiger partial charge in [0.05, 0.1) is 6.54 Å². The van der Waals surface area contributed by atoms with Crippen LogP contribution in [0.1, 0.15) is 12.5 Å². The maximum absolute atomic E-state index is 11.4. The molecule has 4 nitrogen and oxygen atoms in total. The molecule has 1 aromatic carbocycles. The molecule has 0 aliphatic rings. The Kier molecular flexibility index (Phi) is 5.44. The van der Waals surface area contributed by atoms with Crippen LogP contribution in [0.3, 0.4) is 0 Å². The molecule has 1 aromatic rings. The number of carbonyl (C=O) groups is 1. The lowest BCUT2D eigenvalue weighted by atomic mass is 10.2. The SMILES string of the molecule is CCN(CC(=O)NC)c1cc(Br)cc(CN)c1. The van der Waals surface area contributed by atoms with E-state index in [2.05, 4.69) is 21.2 Å². The molecule has 0 spiro atoms. The van der Waals surface area contributed by atoms with Gasteiger partial charge in [-0.3, -0.25) is 4.79 Å². The van der Waals surface area contributed by atoms with E-state index in [1.54, 1.807) is 7.05 Å². The topological polar surface area (TPSA) is 58.4 Å². The Bertz CT molecular complexity index is 395. The van der Waals surface area contributed by atoms with E-state index in [9.17, 15) is 4.79 Å². The van der Waals surface area contributed by atoms with Crippen molar-refractivity contribution in [2.75, 3.05) is 25.0 Å². The lowest BCUT2D eigenvalue weighted by Gasteiger charge is -2.23. The maximum Gasteiger partial charge on any atom is 0.239 e. The van der Waals surface area contributed by atoms with Crippen molar-refractivity contribution in [1.29, 1.82) is 0 Å². The highest BCUT2D eigenvalue weighted by Crippen LogP contribution is 2.22. The van der Waals surface area contributed by atoms with E-state index in [1.807, 2.05) is 30.0 Å². The largest absolute Gasteiger partial charge is 0.362 e. The van der Waals surface area contributed by atoms with Gasteiger partial charge in [-0.1, -0.05) is 15.9 Å². The van der Waals surface area contributed by atoms with Crippen LogP contribution < -0.4 is 16.0 Å². The molecule has 0 radical (unpaired) electrons. The third-order valence-corrected chi connectivity index (χ3v) is 3.00. The Labute approximate surface area is 110 Å². The number of nitrogens with one attached hydrogen (secondary N) is 1. The molecule has 1 rings (SSSR count). The lowest BCUT2D eigenvalue weighted by Crippen LogP contribution is -2.35. The number of hydrogen-bond donors (Lipinski definition) is 2. The average Bonchev–Trinajstić information content (AvgIpc) is 2.34. The van der Waals surface area contributed by atoms with E-state index < -0.39 is 0 Å². The van der Waals surface area contributed by atoms with Gasteiger partial charge >= 0.3 is 0 Å². The van der Waals surface area contributed by atoms with Crippen LogP contribution in [0.4, 0.5) is 5.69 Å². The van der Waals surface area contributed by atoms with Crippen LogP contribution in [-0.4, -0.2) is 26.0 Å². The minimum atomic E-state index is 0.00104. The van der Waals surface area contributed by atoms with Gasteiger partial charge in [-0.2, -0.15) is 0 Å². The molecular weight excluding hydrogens is 282 g/mol. The van der Waals surface area contributed by atoms with Crippen LogP contribution >= 0.6 is 15.9 Å². The Morgan fingerprint density at radius 3 is 2.71 bits per heavy atom. The molecule has 0 bridgehead atoms. The summed E-state index contributed by atoms with van der Waals surface area (Å²) in [6.45, 7) is 3.64.